The van der Waals surface area contributed by atoms with Gasteiger partial charge >= 0.3 is 0 Å². The minimum atomic E-state index is -0.757. The fourth-order valence-electron chi connectivity index (χ4n) is 3.21. The molecular formula is C24H19F2N3O4. The number of nitrogens with zero attached hydrogens (tertiary/aromatic N) is 1. The van der Waals surface area contributed by atoms with Gasteiger partial charge in [-0.2, -0.15) is 0 Å². The first-order valence-electron chi connectivity index (χ1n) is 9.95. The lowest BCUT2D eigenvalue weighted by atomic mass is 10.2. The second-order valence-corrected chi connectivity index (χ2v) is 7.13. The lowest BCUT2D eigenvalue weighted by molar-refractivity contribution is 0.0940. The summed E-state index contributed by atoms with van der Waals surface area (Å²) in [5.41, 5.74) is 0.760. The minimum Gasteiger partial charge on any atom is -0.497 e. The number of H-pyrrole nitrogens is 1. The molecule has 1 aromatic heterocycles. The Morgan fingerprint density at radius 2 is 1.85 bits per heavy atom. The number of rotatable bonds is 7. The molecular weight excluding hydrogens is 432 g/mol. The number of halogens is 2. The van der Waals surface area contributed by atoms with Crippen LogP contribution in [-0.4, -0.2) is 23.0 Å². The molecule has 0 saturated carbocycles. The Bertz CT molecular complexity index is 1370. The summed E-state index contributed by atoms with van der Waals surface area (Å²) in [6.45, 7) is 0.103. The van der Waals surface area contributed by atoms with Crippen molar-refractivity contribution in [3.63, 3.8) is 0 Å². The van der Waals surface area contributed by atoms with Gasteiger partial charge in [0.05, 0.1) is 12.6 Å². The van der Waals surface area contributed by atoms with Gasteiger partial charge in [-0.05, 0) is 47.5 Å². The van der Waals surface area contributed by atoms with Gasteiger partial charge in [0.2, 0.25) is 0 Å². The second-order valence-electron chi connectivity index (χ2n) is 7.13. The summed E-state index contributed by atoms with van der Waals surface area (Å²) < 4.78 is 38.2. The largest absolute Gasteiger partial charge is 0.497 e. The fraction of sp³-hybridized carbons (Fsp3) is 0.125. The summed E-state index contributed by atoms with van der Waals surface area (Å²) in [6, 6.07) is 15.0. The van der Waals surface area contributed by atoms with Crippen molar-refractivity contribution in [3.05, 3.63) is 99.6 Å². The monoisotopic (exact) mass is 451 g/mol. The summed E-state index contributed by atoms with van der Waals surface area (Å²) >= 11 is 0. The Hall–Kier alpha value is -4.27. The molecule has 33 heavy (non-hydrogen) atoms. The summed E-state index contributed by atoms with van der Waals surface area (Å²) in [4.78, 5) is 31.8. The van der Waals surface area contributed by atoms with Crippen molar-refractivity contribution >= 4 is 16.8 Å². The van der Waals surface area contributed by atoms with Crippen molar-refractivity contribution in [2.45, 2.75) is 13.2 Å². The fourth-order valence-corrected chi connectivity index (χ4v) is 3.21. The predicted molar refractivity (Wildman–Crippen MR) is 117 cm³/mol. The molecule has 0 unspecified atom stereocenters. The van der Waals surface area contributed by atoms with Gasteiger partial charge < -0.3 is 19.8 Å². The molecule has 3 aromatic carbocycles. The highest BCUT2D eigenvalue weighted by atomic mass is 19.1. The molecule has 1 amide bonds. The van der Waals surface area contributed by atoms with Crippen LogP contribution in [-0.2, 0) is 13.2 Å². The standard InChI is InChI=1S/C24H19F2N3O4/c1-32-17-4-2-3-15(11-17)12-27-24(31)22-28-19-10-9-18(26)21(20(19)23(30)29-22)33-13-14-5-7-16(25)8-6-14/h2-11H,12-13H2,1H3,(H,27,31)(H,28,29,30). The van der Waals surface area contributed by atoms with Crippen molar-refractivity contribution in [1.29, 1.82) is 0 Å². The minimum absolute atomic E-state index is 0.0848. The number of ether oxygens (including phenoxy) is 2. The highest BCUT2D eigenvalue weighted by molar-refractivity contribution is 5.93. The Kier molecular flexibility index (Phi) is 6.30. The van der Waals surface area contributed by atoms with E-state index in [0.717, 1.165) is 11.6 Å². The van der Waals surface area contributed by atoms with Crippen molar-refractivity contribution in [2.75, 3.05) is 7.11 Å². The molecule has 0 aliphatic carbocycles. The highest BCUT2D eigenvalue weighted by Gasteiger charge is 2.18. The molecule has 0 radical (unpaired) electrons. The van der Waals surface area contributed by atoms with E-state index >= 15 is 0 Å². The highest BCUT2D eigenvalue weighted by Crippen LogP contribution is 2.26. The third-order valence-electron chi connectivity index (χ3n) is 4.88. The summed E-state index contributed by atoms with van der Waals surface area (Å²) in [6.07, 6.45) is 0. The second kappa shape index (κ2) is 9.47. The van der Waals surface area contributed by atoms with E-state index in [1.165, 1.54) is 30.3 Å². The van der Waals surface area contributed by atoms with Crippen LogP contribution in [0.4, 0.5) is 8.78 Å². The first-order chi connectivity index (χ1) is 15.9. The van der Waals surface area contributed by atoms with Gasteiger partial charge in [-0.1, -0.05) is 24.3 Å². The molecule has 7 nitrogen and oxygen atoms in total. The Labute approximate surface area is 187 Å². The average Bonchev–Trinajstić information content (AvgIpc) is 2.83. The topological polar surface area (TPSA) is 93.3 Å². The molecule has 168 valence electrons. The molecule has 1 heterocycles. The average molecular weight is 451 g/mol. The van der Waals surface area contributed by atoms with Gasteiger partial charge in [0.1, 0.15) is 23.6 Å². The molecule has 0 aliphatic heterocycles. The van der Waals surface area contributed by atoms with E-state index in [0.29, 0.717) is 11.3 Å². The van der Waals surface area contributed by atoms with Crippen molar-refractivity contribution in [1.82, 2.24) is 15.3 Å². The number of aromatic amines is 1. The number of benzene rings is 3. The van der Waals surface area contributed by atoms with Crippen LogP contribution in [0.5, 0.6) is 11.5 Å². The van der Waals surface area contributed by atoms with Gasteiger partial charge in [0, 0.05) is 6.54 Å². The van der Waals surface area contributed by atoms with Gasteiger partial charge in [0.25, 0.3) is 11.5 Å². The maximum Gasteiger partial charge on any atom is 0.287 e. The number of carbonyl (C=O) groups excluding carboxylic acids is 1. The molecule has 0 fully saturated rings. The lowest BCUT2D eigenvalue weighted by Crippen LogP contribution is -2.27. The number of hydrogen-bond acceptors (Lipinski definition) is 5. The van der Waals surface area contributed by atoms with Crippen LogP contribution < -0.4 is 20.3 Å². The predicted octanol–water partition coefficient (Wildman–Crippen LogP) is 3.72. The zero-order valence-electron chi connectivity index (χ0n) is 17.5. The number of fused-ring (bicyclic) bond motifs is 1. The first kappa shape index (κ1) is 21.9. The zero-order valence-corrected chi connectivity index (χ0v) is 17.5. The van der Waals surface area contributed by atoms with Crippen LogP contribution in [0.2, 0.25) is 0 Å². The van der Waals surface area contributed by atoms with Crippen LogP contribution in [0.3, 0.4) is 0 Å². The van der Waals surface area contributed by atoms with E-state index in [4.69, 9.17) is 9.47 Å². The third kappa shape index (κ3) is 4.98. The molecule has 0 spiro atoms. The first-order valence-corrected chi connectivity index (χ1v) is 9.95. The summed E-state index contributed by atoms with van der Waals surface area (Å²) in [7, 11) is 1.54. The Morgan fingerprint density at radius 1 is 1.06 bits per heavy atom. The Balaban J connectivity index is 1.56. The Morgan fingerprint density at radius 3 is 2.61 bits per heavy atom. The van der Waals surface area contributed by atoms with Crippen molar-refractivity contribution in [3.8, 4) is 11.5 Å². The van der Waals surface area contributed by atoms with E-state index in [-0.39, 0.29) is 35.6 Å². The molecule has 4 aromatic rings. The smallest absolute Gasteiger partial charge is 0.287 e. The molecule has 4 rings (SSSR count). The van der Waals surface area contributed by atoms with E-state index in [1.807, 2.05) is 6.07 Å². The van der Waals surface area contributed by atoms with Gasteiger partial charge in [-0.15, -0.1) is 0 Å². The lowest BCUT2D eigenvalue weighted by Gasteiger charge is -2.11. The van der Waals surface area contributed by atoms with Crippen molar-refractivity contribution in [2.24, 2.45) is 0 Å². The normalized spacial score (nSPS) is 10.8. The maximum absolute atomic E-state index is 14.4. The third-order valence-corrected chi connectivity index (χ3v) is 4.88. The number of hydrogen-bond donors (Lipinski definition) is 2. The van der Waals surface area contributed by atoms with Gasteiger partial charge in [-0.25, -0.2) is 13.8 Å². The van der Waals surface area contributed by atoms with Crippen molar-refractivity contribution < 1.29 is 23.0 Å². The van der Waals surface area contributed by atoms with E-state index in [1.54, 1.807) is 25.3 Å². The summed E-state index contributed by atoms with van der Waals surface area (Å²) in [5, 5.41) is 2.55. The number of aromatic nitrogens is 2. The van der Waals surface area contributed by atoms with E-state index in [2.05, 4.69) is 15.3 Å². The van der Waals surface area contributed by atoms with Crippen LogP contribution >= 0.6 is 0 Å². The molecule has 0 atom stereocenters. The molecule has 9 heteroatoms. The quantitative estimate of drug-likeness (QED) is 0.447. The number of carbonyl (C=O) groups is 1. The van der Waals surface area contributed by atoms with Crippen LogP contribution in [0.15, 0.2) is 65.5 Å². The number of methoxy groups -OCH3 is 1. The summed E-state index contributed by atoms with van der Waals surface area (Å²) in [5.74, 6) is -1.63. The van der Waals surface area contributed by atoms with E-state index in [9.17, 15) is 18.4 Å². The molecule has 0 saturated heterocycles. The van der Waals surface area contributed by atoms with Crippen LogP contribution in [0, 0.1) is 11.6 Å². The molecule has 0 aliphatic rings. The van der Waals surface area contributed by atoms with Gasteiger partial charge in [-0.3, -0.25) is 9.59 Å². The SMILES string of the molecule is COc1cccc(CNC(=O)c2nc3ccc(F)c(OCc4ccc(F)cc4)c3c(=O)[nH]2)c1. The molecule has 0 bridgehead atoms. The van der Waals surface area contributed by atoms with E-state index < -0.39 is 23.1 Å². The van der Waals surface area contributed by atoms with Crippen LogP contribution in [0.1, 0.15) is 21.7 Å². The van der Waals surface area contributed by atoms with Gasteiger partial charge in [0.15, 0.2) is 17.4 Å². The zero-order chi connectivity index (χ0) is 23.4. The van der Waals surface area contributed by atoms with Crippen LogP contribution in [0.25, 0.3) is 10.9 Å². The number of nitrogens with one attached hydrogen (secondary N) is 2. The number of amides is 1. The maximum atomic E-state index is 14.4. The molecule has 2 N–H and O–H groups in total.